The molecule has 0 saturated heterocycles. The van der Waals surface area contributed by atoms with Crippen molar-refractivity contribution in [2.24, 2.45) is 0 Å². The number of fused-ring (bicyclic) bond motifs is 1. The first-order chi connectivity index (χ1) is 9.24. The molecule has 0 amide bonds. The summed E-state index contributed by atoms with van der Waals surface area (Å²) in [6.07, 6.45) is 2.10. The molecule has 0 spiro atoms. The Kier molecular flexibility index (Phi) is 3.11. The lowest BCUT2D eigenvalue weighted by Crippen LogP contribution is -2.23. The van der Waals surface area contributed by atoms with Crippen LogP contribution < -0.4 is 10.6 Å². The van der Waals surface area contributed by atoms with Crippen LogP contribution in [0.5, 0.6) is 0 Å². The minimum absolute atomic E-state index is 0.237. The van der Waals surface area contributed by atoms with Gasteiger partial charge in [0.15, 0.2) is 0 Å². The average Bonchev–Trinajstić information content (AvgIpc) is 2.60. The molecule has 2 aromatic rings. The van der Waals surface area contributed by atoms with Crippen molar-refractivity contribution < 1.29 is 4.39 Å². The molecule has 2 aromatic carbocycles. The molecule has 1 aliphatic heterocycles. The molecule has 0 fully saturated rings. The fourth-order valence-electron chi connectivity index (χ4n) is 2.69. The Morgan fingerprint density at radius 1 is 1.05 bits per heavy atom. The largest absolute Gasteiger partial charge is 0.399 e. The van der Waals surface area contributed by atoms with Crippen molar-refractivity contribution >= 4 is 11.4 Å². The van der Waals surface area contributed by atoms with Gasteiger partial charge in [0, 0.05) is 18.8 Å². The molecule has 3 heteroatoms. The van der Waals surface area contributed by atoms with E-state index < -0.39 is 0 Å². The number of nitrogens with two attached hydrogens (primary N) is 1. The van der Waals surface area contributed by atoms with E-state index in [1.54, 1.807) is 12.1 Å². The Morgan fingerprint density at radius 2 is 1.84 bits per heavy atom. The number of halogens is 1. The highest BCUT2D eigenvalue weighted by atomic mass is 19.1. The molecule has 0 aromatic heterocycles. The van der Waals surface area contributed by atoms with Crippen LogP contribution in [-0.4, -0.2) is 6.54 Å². The summed E-state index contributed by atoms with van der Waals surface area (Å²) in [6, 6.07) is 13.3. The number of anilines is 2. The predicted octanol–water partition coefficient (Wildman–Crippen LogP) is 3.36. The molecule has 1 aliphatic rings. The third-order valence-corrected chi connectivity index (χ3v) is 3.67. The summed E-state index contributed by atoms with van der Waals surface area (Å²) in [5.41, 5.74) is 9.38. The second-order valence-electron chi connectivity index (χ2n) is 5.00. The van der Waals surface area contributed by atoms with E-state index in [-0.39, 0.29) is 5.82 Å². The summed E-state index contributed by atoms with van der Waals surface area (Å²) >= 11 is 0. The molecule has 0 atom stereocenters. The molecule has 0 aliphatic carbocycles. The Labute approximate surface area is 112 Å². The van der Waals surface area contributed by atoms with Gasteiger partial charge in [-0.2, -0.15) is 0 Å². The minimum atomic E-state index is -0.237. The van der Waals surface area contributed by atoms with Crippen LogP contribution in [-0.2, 0) is 13.0 Å². The fraction of sp³-hybridized carbons (Fsp3) is 0.250. The summed E-state index contributed by atoms with van der Waals surface area (Å²) in [7, 11) is 0. The number of rotatable bonds is 1. The van der Waals surface area contributed by atoms with Crippen LogP contribution in [0, 0.1) is 5.82 Å². The van der Waals surface area contributed by atoms with E-state index in [1.165, 1.54) is 17.2 Å². The van der Waals surface area contributed by atoms with Gasteiger partial charge in [-0.3, -0.25) is 0 Å². The van der Waals surface area contributed by atoms with Crippen molar-refractivity contribution in [2.75, 3.05) is 17.2 Å². The molecule has 2 nitrogen and oxygen atoms in total. The quantitative estimate of drug-likeness (QED) is 0.793. The SMILES string of the molecule is Nc1ccc(N2CCCc3ccccc3C2)c(F)c1. The van der Waals surface area contributed by atoms with Crippen LogP contribution in [0.25, 0.3) is 0 Å². The summed E-state index contributed by atoms with van der Waals surface area (Å²) in [6.45, 7) is 1.63. The maximum Gasteiger partial charge on any atom is 0.148 e. The zero-order chi connectivity index (χ0) is 13.2. The highest BCUT2D eigenvalue weighted by Crippen LogP contribution is 2.27. The van der Waals surface area contributed by atoms with Gasteiger partial charge < -0.3 is 10.6 Å². The van der Waals surface area contributed by atoms with Crippen molar-refractivity contribution in [3.05, 3.63) is 59.4 Å². The topological polar surface area (TPSA) is 29.3 Å². The summed E-state index contributed by atoms with van der Waals surface area (Å²) in [5.74, 6) is -0.237. The molecular formula is C16H17FN2. The lowest BCUT2D eigenvalue weighted by molar-refractivity contribution is 0.615. The van der Waals surface area contributed by atoms with Crippen molar-refractivity contribution in [2.45, 2.75) is 19.4 Å². The number of nitrogen functional groups attached to an aromatic ring is 1. The van der Waals surface area contributed by atoms with Crippen LogP contribution >= 0.6 is 0 Å². The molecule has 19 heavy (non-hydrogen) atoms. The molecule has 3 rings (SSSR count). The maximum atomic E-state index is 14.0. The average molecular weight is 256 g/mol. The highest BCUT2D eigenvalue weighted by molar-refractivity contribution is 5.55. The Hall–Kier alpha value is -2.03. The molecule has 0 radical (unpaired) electrons. The van der Waals surface area contributed by atoms with Crippen molar-refractivity contribution in [1.29, 1.82) is 0 Å². The van der Waals surface area contributed by atoms with Gasteiger partial charge in [-0.25, -0.2) is 4.39 Å². The zero-order valence-corrected chi connectivity index (χ0v) is 10.8. The van der Waals surface area contributed by atoms with E-state index in [4.69, 9.17) is 5.73 Å². The highest BCUT2D eigenvalue weighted by Gasteiger charge is 2.17. The van der Waals surface area contributed by atoms with Crippen LogP contribution in [0.3, 0.4) is 0 Å². The van der Waals surface area contributed by atoms with Gasteiger partial charge in [0.05, 0.1) is 5.69 Å². The van der Waals surface area contributed by atoms with E-state index >= 15 is 0 Å². The van der Waals surface area contributed by atoms with Crippen molar-refractivity contribution in [3.63, 3.8) is 0 Å². The van der Waals surface area contributed by atoms with E-state index in [1.807, 2.05) is 6.07 Å². The van der Waals surface area contributed by atoms with Gasteiger partial charge in [-0.1, -0.05) is 24.3 Å². The van der Waals surface area contributed by atoms with Crippen molar-refractivity contribution in [1.82, 2.24) is 0 Å². The van der Waals surface area contributed by atoms with E-state index in [0.29, 0.717) is 11.4 Å². The smallest absolute Gasteiger partial charge is 0.148 e. The number of nitrogens with zero attached hydrogens (tertiary/aromatic N) is 1. The molecule has 98 valence electrons. The van der Waals surface area contributed by atoms with Crippen LogP contribution in [0.2, 0.25) is 0 Å². The summed E-state index contributed by atoms with van der Waals surface area (Å²) < 4.78 is 14.0. The number of benzene rings is 2. The van der Waals surface area contributed by atoms with Crippen LogP contribution in [0.1, 0.15) is 17.5 Å². The normalized spacial score (nSPS) is 14.9. The number of hydrogen-bond donors (Lipinski definition) is 1. The van der Waals surface area contributed by atoms with E-state index in [0.717, 1.165) is 25.9 Å². The molecule has 0 unspecified atom stereocenters. The first-order valence-corrected chi connectivity index (χ1v) is 6.61. The molecule has 2 N–H and O–H groups in total. The lowest BCUT2D eigenvalue weighted by Gasteiger charge is -2.23. The predicted molar refractivity (Wildman–Crippen MR) is 76.6 cm³/mol. The van der Waals surface area contributed by atoms with E-state index in [2.05, 4.69) is 23.1 Å². The number of aryl methyl sites for hydroxylation is 1. The second kappa shape index (κ2) is 4.92. The monoisotopic (exact) mass is 256 g/mol. The molecule has 0 bridgehead atoms. The zero-order valence-electron chi connectivity index (χ0n) is 10.8. The van der Waals surface area contributed by atoms with Gasteiger partial charge in [0.1, 0.15) is 5.82 Å². The van der Waals surface area contributed by atoms with Crippen LogP contribution in [0.15, 0.2) is 42.5 Å². The summed E-state index contributed by atoms with van der Waals surface area (Å²) in [4.78, 5) is 2.10. The fourth-order valence-corrected chi connectivity index (χ4v) is 2.69. The summed E-state index contributed by atoms with van der Waals surface area (Å²) in [5, 5.41) is 0. The Balaban J connectivity index is 1.94. The van der Waals surface area contributed by atoms with Crippen LogP contribution in [0.4, 0.5) is 15.8 Å². The third-order valence-electron chi connectivity index (χ3n) is 3.67. The standard InChI is InChI=1S/C16H17FN2/c17-15-10-14(18)7-8-16(15)19-9-3-6-12-4-1-2-5-13(12)11-19/h1-2,4-5,7-8,10H,3,6,9,11,18H2. The van der Waals surface area contributed by atoms with Gasteiger partial charge in [0.25, 0.3) is 0 Å². The lowest BCUT2D eigenvalue weighted by atomic mass is 10.0. The van der Waals surface area contributed by atoms with Gasteiger partial charge in [-0.05, 0) is 42.2 Å². The van der Waals surface area contributed by atoms with E-state index in [9.17, 15) is 4.39 Å². The molecular weight excluding hydrogens is 239 g/mol. The van der Waals surface area contributed by atoms with Gasteiger partial charge in [0.2, 0.25) is 0 Å². The molecule has 0 saturated carbocycles. The first kappa shape index (κ1) is 12.0. The second-order valence-corrected chi connectivity index (χ2v) is 5.00. The van der Waals surface area contributed by atoms with Gasteiger partial charge >= 0.3 is 0 Å². The molecule has 1 heterocycles. The first-order valence-electron chi connectivity index (χ1n) is 6.61. The van der Waals surface area contributed by atoms with Crippen molar-refractivity contribution in [3.8, 4) is 0 Å². The third kappa shape index (κ3) is 2.41. The minimum Gasteiger partial charge on any atom is -0.399 e. The Bertz CT molecular complexity index is 595. The maximum absolute atomic E-state index is 14.0. The van der Waals surface area contributed by atoms with Gasteiger partial charge in [-0.15, -0.1) is 0 Å². The Morgan fingerprint density at radius 3 is 2.63 bits per heavy atom. The number of hydrogen-bond acceptors (Lipinski definition) is 2.